The highest BCUT2D eigenvalue weighted by Gasteiger charge is 2.31. The number of nitrogens with zero attached hydrogens (tertiary/aromatic N) is 4. The molecule has 4 heteroatoms. The van der Waals surface area contributed by atoms with Gasteiger partial charge >= 0.3 is 0 Å². The van der Waals surface area contributed by atoms with Gasteiger partial charge in [0, 0.05) is 33.2 Å². The van der Waals surface area contributed by atoms with Crippen molar-refractivity contribution in [3.63, 3.8) is 0 Å². The Morgan fingerprint density at radius 2 is 1.08 bits per heavy atom. The molecule has 11 aromatic rings. The van der Waals surface area contributed by atoms with E-state index in [-0.39, 0.29) is 5.92 Å². The summed E-state index contributed by atoms with van der Waals surface area (Å²) in [7, 11) is 0. The van der Waals surface area contributed by atoms with Crippen molar-refractivity contribution in [2.75, 3.05) is 0 Å². The average molecular weight is 781 g/mol. The second-order valence-electron chi connectivity index (χ2n) is 16.4. The monoisotopic (exact) mass is 780 g/mol. The quantitative estimate of drug-likeness (QED) is 0.175. The molecule has 1 aliphatic carbocycles. The topological polar surface area (TPSA) is 43.6 Å². The number of fused-ring (bicyclic) bond motifs is 9. The third-order valence-electron chi connectivity index (χ3n) is 13.0. The predicted molar refractivity (Wildman–Crippen MR) is 252 cm³/mol. The molecule has 1 unspecified atom stereocenters. The third-order valence-corrected chi connectivity index (χ3v) is 13.0. The lowest BCUT2D eigenvalue weighted by molar-refractivity contribution is 0.580. The van der Waals surface area contributed by atoms with Gasteiger partial charge in [-0.1, -0.05) is 177 Å². The predicted octanol–water partition coefficient (Wildman–Crippen LogP) is 14.4. The van der Waals surface area contributed by atoms with Crippen molar-refractivity contribution >= 4 is 43.4 Å². The highest BCUT2D eigenvalue weighted by atomic mass is 15.0. The molecule has 61 heavy (non-hydrogen) atoms. The van der Waals surface area contributed by atoms with Crippen molar-refractivity contribution < 1.29 is 0 Å². The minimum Gasteiger partial charge on any atom is -0.309 e. The Morgan fingerprint density at radius 3 is 1.84 bits per heavy atom. The van der Waals surface area contributed by atoms with Crippen LogP contribution in [0.3, 0.4) is 0 Å². The van der Waals surface area contributed by atoms with Crippen LogP contribution in [-0.4, -0.2) is 19.5 Å². The molecule has 0 radical (unpaired) electrons. The summed E-state index contributed by atoms with van der Waals surface area (Å²) >= 11 is 0. The fraction of sp³-hybridized carbons (Fsp3) is 0.0702. The van der Waals surface area contributed by atoms with E-state index in [1.54, 1.807) is 0 Å². The number of para-hydroxylation sites is 1. The molecule has 0 amide bonds. The smallest absolute Gasteiger partial charge is 0.164 e. The van der Waals surface area contributed by atoms with Gasteiger partial charge in [0.05, 0.1) is 11.0 Å². The average Bonchev–Trinajstić information content (AvgIpc) is 3.59. The van der Waals surface area contributed by atoms with Crippen LogP contribution < -0.4 is 0 Å². The van der Waals surface area contributed by atoms with Crippen LogP contribution in [0.1, 0.15) is 35.4 Å². The first-order valence-corrected chi connectivity index (χ1v) is 21.2. The lowest BCUT2D eigenvalue weighted by atomic mass is 9.80. The van der Waals surface area contributed by atoms with Crippen molar-refractivity contribution in [2.24, 2.45) is 0 Å². The molecule has 0 saturated carbocycles. The number of hydrogen-bond donors (Lipinski definition) is 0. The highest BCUT2D eigenvalue weighted by molar-refractivity contribution is 6.13. The molecular formula is C57H40N4. The number of hydrogen-bond acceptors (Lipinski definition) is 3. The van der Waals surface area contributed by atoms with E-state index in [1.807, 2.05) is 36.4 Å². The van der Waals surface area contributed by atoms with Gasteiger partial charge in [0.1, 0.15) is 0 Å². The van der Waals surface area contributed by atoms with Crippen molar-refractivity contribution in [2.45, 2.75) is 25.2 Å². The Kier molecular flexibility index (Phi) is 8.24. The van der Waals surface area contributed by atoms with Crippen LogP contribution in [0.4, 0.5) is 0 Å². The number of benzene rings is 9. The summed E-state index contributed by atoms with van der Waals surface area (Å²) < 4.78 is 2.47. The summed E-state index contributed by atoms with van der Waals surface area (Å²) in [5.74, 6) is 2.57. The van der Waals surface area contributed by atoms with Crippen molar-refractivity contribution in [3.05, 3.63) is 217 Å². The molecule has 2 heterocycles. The fourth-order valence-electron chi connectivity index (χ4n) is 9.98. The summed E-state index contributed by atoms with van der Waals surface area (Å²) in [6.07, 6.45) is 0.985. The fourth-order valence-corrected chi connectivity index (χ4v) is 9.98. The zero-order chi connectivity index (χ0) is 40.4. The molecule has 1 aliphatic rings. The molecule has 0 saturated heterocycles. The highest BCUT2D eigenvalue weighted by Crippen LogP contribution is 2.50. The molecule has 288 valence electrons. The largest absolute Gasteiger partial charge is 0.309 e. The van der Waals surface area contributed by atoms with Crippen LogP contribution in [0, 0.1) is 0 Å². The Hall–Kier alpha value is -7.69. The van der Waals surface area contributed by atoms with Crippen molar-refractivity contribution in [1.82, 2.24) is 19.5 Å². The zero-order valence-corrected chi connectivity index (χ0v) is 33.7. The summed E-state index contributed by atoms with van der Waals surface area (Å²) in [6.45, 7) is 2.44. The van der Waals surface area contributed by atoms with Gasteiger partial charge in [0.25, 0.3) is 0 Å². The second-order valence-corrected chi connectivity index (χ2v) is 16.4. The van der Waals surface area contributed by atoms with Crippen molar-refractivity contribution in [3.8, 4) is 51.0 Å². The number of aromatic nitrogens is 4. The molecule has 9 aromatic carbocycles. The molecule has 12 rings (SSSR count). The van der Waals surface area contributed by atoms with Crippen LogP contribution in [0.5, 0.6) is 0 Å². The van der Waals surface area contributed by atoms with Gasteiger partial charge in [-0.25, -0.2) is 15.0 Å². The van der Waals surface area contributed by atoms with E-state index in [1.165, 1.54) is 60.4 Å². The summed E-state index contributed by atoms with van der Waals surface area (Å²) in [6, 6.07) is 72.2. The Morgan fingerprint density at radius 1 is 0.443 bits per heavy atom. The zero-order valence-electron chi connectivity index (χ0n) is 33.7. The molecule has 0 bridgehead atoms. The van der Waals surface area contributed by atoms with Crippen LogP contribution in [0.25, 0.3) is 94.3 Å². The minimum atomic E-state index is 0.278. The molecule has 2 aromatic heterocycles. The summed E-state index contributed by atoms with van der Waals surface area (Å²) in [5, 5.41) is 7.32. The molecular weight excluding hydrogens is 741 g/mol. The second kappa shape index (κ2) is 14.2. The van der Waals surface area contributed by atoms with Gasteiger partial charge in [0.2, 0.25) is 0 Å². The van der Waals surface area contributed by atoms with Gasteiger partial charge in [0.15, 0.2) is 17.5 Å². The Labute approximate surface area is 354 Å². The Bertz CT molecular complexity index is 3410. The maximum absolute atomic E-state index is 5.09. The van der Waals surface area contributed by atoms with E-state index in [4.69, 9.17) is 15.0 Å². The number of rotatable bonds is 5. The summed E-state index contributed by atoms with van der Waals surface area (Å²) in [4.78, 5) is 15.1. The van der Waals surface area contributed by atoms with E-state index in [0.717, 1.165) is 39.6 Å². The van der Waals surface area contributed by atoms with Crippen LogP contribution in [-0.2, 0) is 6.42 Å². The minimum absolute atomic E-state index is 0.278. The molecule has 0 aliphatic heterocycles. The van der Waals surface area contributed by atoms with Crippen LogP contribution in [0.2, 0.25) is 0 Å². The first-order valence-electron chi connectivity index (χ1n) is 21.2. The summed E-state index contributed by atoms with van der Waals surface area (Å²) in [5.41, 5.74) is 13.3. The van der Waals surface area contributed by atoms with Gasteiger partial charge in [-0.3, -0.25) is 0 Å². The third kappa shape index (κ3) is 5.86. The molecule has 0 fully saturated rings. The first kappa shape index (κ1) is 35.3. The van der Waals surface area contributed by atoms with E-state index in [9.17, 15) is 0 Å². The molecule has 2 atom stereocenters. The maximum Gasteiger partial charge on any atom is 0.164 e. The molecule has 4 nitrogen and oxygen atoms in total. The van der Waals surface area contributed by atoms with Crippen molar-refractivity contribution in [1.29, 1.82) is 0 Å². The van der Waals surface area contributed by atoms with E-state index in [0.29, 0.717) is 23.4 Å². The van der Waals surface area contributed by atoms with E-state index in [2.05, 4.69) is 175 Å². The first-order chi connectivity index (χ1) is 30.2. The van der Waals surface area contributed by atoms with E-state index < -0.39 is 0 Å². The van der Waals surface area contributed by atoms with Gasteiger partial charge in [-0.05, 0) is 98.0 Å². The lowest BCUT2D eigenvalue weighted by Crippen LogP contribution is -2.10. The normalized spacial score (nSPS) is 14.9. The maximum atomic E-state index is 5.09. The SMILES string of the molecule is C[C@H]1c2cc3c(cc2-c2c(ccc4ccccc24)CC1c1ccccc1)c1ccccc1n3-c1ccc2c(-c3nc(-c4ccccc4)nc(-c4ccccc4)n3)cccc2c1. The lowest BCUT2D eigenvalue weighted by Gasteiger charge is -2.24. The van der Waals surface area contributed by atoms with Gasteiger partial charge in [-0.2, -0.15) is 0 Å². The van der Waals surface area contributed by atoms with Gasteiger partial charge in [-0.15, -0.1) is 0 Å². The van der Waals surface area contributed by atoms with Crippen LogP contribution >= 0.6 is 0 Å². The standard InChI is InChI=1S/C57H40N4/c1-36-48(37-16-5-2-6-17-37)33-42-29-28-38-18-11-12-24-45(38)54(42)51-34-50-46-25-13-14-27-52(46)61(53(50)35-49(36)51)43-30-31-44-41(32-43)23-15-26-47(44)57-59-55(39-19-7-3-8-20-39)58-56(60-57)40-21-9-4-10-22-40/h2-32,34-36,48H,33H2,1H3/t36-,48?/m1/s1. The van der Waals surface area contributed by atoms with Gasteiger partial charge < -0.3 is 4.57 Å². The molecule has 0 spiro atoms. The molecule has 0 N–H and O–H groups in total. The van der Waals surface area contributed by atoms with E-state index >= 15 is 0 Å². The Balaban J connectivity index is 1.06. The van der Waals surface area contributed by atoms with Crippen LogP contribution in [0.15, 0.2) is 200 Å².